The van der Waals surface area contributed by atoms with Gasteiger partial charge in [0.15, 0.2) is 0 Å². The fourth-order valence-corrected chi connectivity index (χ4v) is 7.20. The monoisotopic (exact) mass is 402 g/mol. The van der Waals surface area contributed by atoms with Crippen LogP contribution in [0.3, 0.4) is 0 Å². The molecule has 2 heterocycles. The van der Waals surface area contributed by atoms with E-state index in [2.05, 4.69) is 37.2 Å². The van der Waals surface area contributed by atoms with Crippen LogP contribution in [-0.4, -0.2) is 38.4 Å². The molecule has 1 fully saturated rings. The predicted molar refractivity (Wildman–Crippen MR) is 75.9 cm³/mol. The molecule has 0 spiro atoms. The van der Waals surface area contributed by atoms with Crippen molar-refractivity contribution in [2.24, 2.45) is 0 Å². The molecule has 17 heavy (non-hydrogen) atoms. The summed E-state index contributed by atoms with van der Waals surface area (Å²) in [5.74, 6) is 0. The molecule has 8 heteroatoms. The van der Waals surface area contributed by atoms with Gasteiger partial charge in [0.05, 0.1) is 7.57 Å². The Morgan fingerprint density at radius 2 is 2.24 bits per heavy atom. The van der Waals surface area contributed by atoms with Gasteiger partial charge in [0.25, 0.3) is 0 Å². The van der Waals surface area contributed by atoms with Gasteiger partial charge in [0.2, 0.25) is 10.0 Å². The Bertz CT molecular complexity index is 515. The second-order valence-electron chi connectivity index (χ2n) is 3.86. The number of sulfonamides is 1. The SMILES string of the molecule is CC1CNCCN1S(=O)(=O)c1cc(Br)sc1Br. The minimum Gasteiger partial charge on any atom is -0.314 e. The highest BCUT2D eigenvalue weighted by Crippen LogP contribution is 2.36. The van der Waals surface area contributed by atoms with Crippen molar-refractivity contribution in [1.82, 2.24) is 9.62 Å². The summed E-state index contributed by atoms with van der Waals surface area (Å²) in [6.45, 7) is 3.83. The van der Waals surface area contributed by atoms with Crippen LogP contribution in [0.25, 0.3) is 0 Å². The molecule has 1 saturated heterocycles. The van der Waals surface area contributed by atoms with Gasteiger partial charge in [0, 0.05) is 25.7 Å². The normalized spacial score (nSPS) is 22.9. The molecule has 0 bridgehead atoms. The molecule has 0 saturated carbocycles. The Balaban J connectivity index is 2.39. The van der Waals surface area contributed by atoms with Gasteiger partial charge >= 0.3 is 0 Å². The molecule has 4 nitrogen and oxygen atoms in total. The van der Waals surface area contributed by atoms with Gasteiger partial charge in [-0.25, -0.2) is 8.42 Å². The largest absolute Gasteiger partial charge is 0.314 e. The molecule has 0 amide bonds. The summed E-state index contributed by atoms with van der Waals surface area (Å²) in [6, 6.07) is 1.64. The minimum atomic E-state index is -3.39. The number of nitrogens with one attached hydrogen (secondary N) is 1. The summed E-state index contributed by atoms with van der Waals surface area (Å²) in [7, 11) is -3.39. The minimum absolute atomic E-state index is 0.0145. The van der Waals surface area contributed by atoms with Crippen LogP contribution in [0, 0.1) is 0 Å². The van der Waals surface area contributed by atoms with Crippen molar-refractivity contribution in [3.63, 3.8) is 0 Å². The maximum atomic E-state index is 12.5. The molecular weight excluding hydrogens is 392 g/mol. The number of hydrogen-bond acceptors (Lipinski definition) is 4. The quantitative estimate of drug-likeness (QED) is 0.823. The Kier molecular flexibility index (Phi) is 4.32. The fraction of sp³-hybridized carbons (Fsp3) is 0.556. The smallest absolute Gasteiger partial charge is 0.245 e. The van der Waals surface area contributed by atoms with Crippen LogP contribution < -0.4 is 5.32 Å². The van der Waals surface area contributed by atoms with Crippen LogP contribution in [0.1, 0.15) is 6.92 Å². The topological polar surface area (TPSA) is 49.4 Å². The molecule has 2 rings (SSSR count). The first-order valence-corrected chi connectivity index (χ1v) is 8.94. The third-order valence-electron chi connectivity index (χ3n) is 2.65. The summed E-state index contributed by atoms with van der Waals surface area (Å²) in [5.41, 5.74) is 0. The third kappa shape index (κ3) is 2.76. The van der Waals surface area contributed by atoms with Gasteiger partial charge in [-0.2, -0.15) is 4.31 Å². The Hall–Kier alpha value is 0.530. The number of hydrogen-bond donors (Lipinski definition) is 1. The lowest BCUT2D eigenvalue weighted by Crippen LogP contribution is -2.52. The van der Waals surface area contributed by atoms with Gasteiger partial charge < -0.3 is 5.32 Å². The molecule has 1 aliphatic heterocycles. The lowest BCUT2D eigenvalue weighted by Gasteiger charge is -2.32. The average molecular weight is 404 g/mol. The molecule has 96 valence electrons. The lowest BCUT2D eigenvalue weighted by atomic mass is 10.3. The van der Waals surface area contributed by atoms with E-state index in [1.165, 1.54) is 11.3 Å². The second-order valence-corrected chi connectivity index (χ2v) is 9.47. The first-order valence-electron chi connectivity index (χ1n) is 5.10. The fourth-order valence-electron chi connectivity index (χ4n) is 1.81. The van der Waals surface area contributed by atoms with Crippen LogP contribution in [0.15, 0.2) is 18.5 Å². The van der Waals surface area contributed by atoms with E-state index >= 15 is 0 Å². The maximum absolute atomic E-state index is 12.5. The number of nitrogens with zero attached hydrogens (tertiary/aromatic N) is 1. The summed E-state index contributed by atoms with van der Waals surface area (Å²) >= 11 is 7.99. The zero-order chi connectivity index (χ0) is 12.6. The second kappa shape index (κ2) is 5.26. The molecule has 1 N–H and O–H groups in total. The number of rotatable bonds is 2. The highest BCUT2D eigenvalue weighted by atomic mass is 79.9. The van der Waals surface area contributed by atoms with Crippen molar-refractivity contribution in [3.8, 4) is 0 Å². The summed E-state index contributed by atoms with van der Waals surface area (Å²) in [4.78, 5) is 0.350. The molecular formula is C9H12Br2N2O2S2. The zero-order valence-electron chi connectivity index (χ0n) is 9.11. The van der Waals surface area contributed by atoms with Crippen molar-refractivity contribution >= 4 is 53.2 Å². The van der Waals surface area contributed by atoms with E-state index in [1.807, 2.05) is 6.92 Å². The van der Waals surface area contributed by atoms with Crippen molar-refractivity contribution in [2.45, 2.75) is 17.9 Å². The van der Waals surface area contributed by atoms with E-state index in [-0.39, 0.29) is 6.04 Å². The van der Waals surface area contributed by atoms with E-state index in [9.17, 15) is 8.42 Å². The molecule has 1 aromatic rings. The van der Waals surface area contributed by atoms with Crippen LogP contribution >= 0.6 is 43.2 Å². The summed E-state index contributed by atoms with van der Waals surface area (Å²) in [5, 5.41) is 3.18. The highest BCUT2D eigenvalue weighted by molar-refractivity contribution is 9.12. The van der Waals surface area contributed by atoms with E-state index < -0.39 is 10.0 Å². The molecule has 1 aromatic heterocycles. The highest BCUT2D eigenvalue weighted by Gasteiger charge is 2.33. The molecule has 0 aromatic carbocycles. The Morgan fingerprint density at radius 1 is 1.53 bits per heavy atom. The van der Waals surface area contributed by atoms with E-state index in [0.29, 0.717) is 28.3 Å². The van der Waals surface area contributed by atoms with Crippen molar-refractivity contribution in [3.05, 3.63) is 13.6 Å². The molecule has 1 unspecified atom stereocenters. The van der Waals surface area contributed by atoms with Gasteiger partial charge in [-0.05, 0) is 44.8 Å². The average Bonchev–Trinajstić information content (AvgIpc) is 2.59. The van der Waals surface area contributed by atoms with Crippen molar-refractivity contribution < 1.29 is 8.42 Å². The van der Waals surface area contributed by atoms with Gasteiger partial charge in [0.1, 0.15) is 4.90 Å². The Labute approximate surface area is 122 Å². The van der Waals surface area contributed by atoms with Gasteiger partial charge in [-0.3, -0.25) is 0 Å². The van der Waals surface area contributed by atoms with Crippen LogP contribution in [0.4, 0.5) is 0 Å². The van der Waals surface area contributed by atoms with Crippen molar-refractivity contribution in [1.29, 1.82) is 0 Å². The van der Waals surface area contributed by atoms with E-state index in [1.54, 1.807) is 10.4 Å². The Morgan fingerprint density at radius 3 is 2.76 bits per heavy atom. The molecule has 0 radical (unpaired) electrons. The standard InChI is InChI=1S/C9H12Br2N2O2S2/c1-6-5-12-2-3-13(6)17(14,15)7-4-8(10)16-9(7)11/h4,6,12H,2-3,5H2,1H3. The summed E-state index contributed by atoms with van der Waals surface area (Å²) < 4.78 is 28.0. The summed E-state index contributed by atoms with van der Waals surface area (Å²) in [6.07, 6.45) is 0. The molecule has 0 aliphatic carbocycles. The lowest BCUT2D eigenvalue weighted by molar-refractivity contribution is 0.284. The van der Waals surface area contributed by atoms with E-state index in [0.717, 1.165) is 3.79 Å². The predicted octanol–water partition coefficient (Wildman–Crippen LogP) is 2.26. The molecule has 1 aliphatic rings. The van der Waals surface area contributed by atoms with Crippen LogP contribution in [0.2, 0.25) is 0 Å². The molecule has 1 atom stereocenters. The first-order chi connectivity index (χ1) is 7.93. The van der Waals surface area contributed by atoms with E-state index in [4.69, 9.17) is 0 Å². The third-order valence-corrected chi connectivity index (χ3v) is 7.42. The van der Waals surface area contributed by atoms with Gasteiger partial charge in [-0.1, -0.05) is 0 Å². The van der Waals surface area contributed by atoms with Crippen molar-refractivity contribution in [2.75, 3.05) is 19.6 Å². The number of piperazine rings is 1. The number of thiophene rings is 1. The van der Waals surface area contributed by atoms with Gasteiger partial charge in [-0.15, -0.1) is 11.3 Å². The zero-order valence-corrected chi connectivity index (χ0v) is 13.9. The first kappa shape index (κ1) is 14.0. The van der Waals surface area contributed by atoms with Crippen LogP contribution in [-0.2, 0) is 10.0 Å². The van der Waals surface area contributed by atoms with Crippen LogP contribution in [0.5, 0.6) is 0 Å². The number of halogens is 2. The maximum Gasteiger partial charge on any atom is 0.245 e.